The van der Waals surface area contributed by atoms with Crippen molar-refractivity contribution < 1.29 is 4.74 Å². The van der Waals surface area contributed by atoms with Crippen LogP contribution < -0.4 is 15.0 Å². The molecular formula is C21H19N2O. The molecule has 3 aromatic carbocycles. The molecule has 3 heteroatoms. The molecule has 1 heterocycles. The van der Waals surface area contributed by atoms with Gasteiger partial charge in [0.1, 0.15) is 24.7 Å². The van der Waals surface area contributed by atoms with Crippen LogP contribution in [-0.4, -0.2) is 0 Å². The van der Waals surface area contributed by atoms with Crippen molar-refractivity contribution >= 4 is 11.4 Å². The highest BCUT2D eigenvalue weighted by atomic mass is 16.5. The minimum absolute atomic E-state index is 0.567. The second-order valence-corrected chi connectivity index (χ2v) is 5.81. The van der Waals surface area contributed by atoms with Crippen LogP contribution in [0.2, 0.25) is 0 Å². The van der Waals surface area contributed by atoms with Gasteiger partial charge in [0.05, 0.1) is 5.69 Å². The molecule has 1 N–H and O–H groups in total. The van der Waals surface area contributed by atoms with E-state index in [9.17, 15) is 0 Å². The van der Waals surface area contributed by atoms with Crippen LogP contribution in [0.5, 0.6) is 5.75 Å². The maximum Gasteiger partial charge on any atom is 0.145 e. The molecule has 0 bridgehead atoms. The quantitative estimate of drug-likeness (QED) is 0.731. The number of ether oxygens (including phenoxy) is 1. The van der Waals surface area contributed by atoms with E-state index in [0.717, 1.165) is 23.7 Å². The van der Waals surface area contributed by atoms with Crippen LogP contribution in [0.1, 0.15) is 11.1 Å². The van der Waals surface area contributed by atoms with Crippen LogP contribution in [-0.2, 0) is 13.2 Å². The van der Waals surface area contributed by atoms with Crippen molar-refractivity contribution in [1.82, 2.24) is 0 Å². The predicted molar refractivity (Wildman–Crippen MR) is 97.8 cm³/mol. The van der Waals surface area contributed by atoms with Gasteiger partial charge in [-0.2, -0.15) is 0 Å². The van der Waals surface area contributed by atoms with Crippen molar-refractivity contribution in [2.45, 2.75) is 13.2 Å². The Balaban J connectivity index is 1.51. The van der Waals surface area contributed by atoms with Gasteiger partial charge in [0.15, 0.2) is 0 Å². The highest BCUT2D eigenvalue weighted by Gasteiger charge is 2.22. The highest BCUT2D eigenvalue weighted by molar-refractivity contribution is 5.82. The van der Waals surface area contributed by atoms with Gasteiger partial charge in [-0.15, -0.1) is 0 Å². The first kappa shape index (κ1) is 14.6. The number of benzene rings is 3. The molecule has 0 fully saturated rings. The summed E-state index contributed by atoms with van der Waals surface area (Å²) >= 11 is 0. The molecule has 1 radical (unpaired) electrons. The number of hydrogen-bond acceptors (Lipinski definition) is 3. The number of para-hydroxylation sites is 1. The van der Waals surface area contributed by atoms with Gasteiger partial charge in [0.2, 0.25) is 0 Å². The molecule has 0 aromatic heterocycles. The van der Waals surface area contributed by atoms with Crippen molar-refractivity contribution in [2.75, 3.05) is 10.2 Å². The summed E-state index contributed by atoms with van der Waals surface area (Å²) < 4.78 is 6.02. The monoisotopic (exact) mass is 315 g/mol. The summed E-state index contributed by atoms with van der Waals surface area (Å²) in [6.07, 6.45) is 0. The topological polar surface area (TPSA) is 24.5 Å². The van der Waals surface area contributed by atoms with Crippen LogP contribution in [0, 0.1) is 6.67 Å². The third kappa shape index (κ3) is 3.06. The predicted octanol–water partition coefficient (Wildman–Crippen LogP) is 4.82. The summed E-state index contributed by atoms with van der Waals surface area (Å²) in [5.41, 5.74) is 4.62. The number of anilines is 2. The van der Waals surface area contributed by atoms with Crippen LogP contribution in [0.15, 0.2) is 78.9 Å². The van der Waals surface area contributed by atoms with Crippen molar-refractivity contribution in [1.29, 1.82) is 0 Å². The van der Waals surface area contributed by atoms with Crippen molar-refractivity contribution in [2.24, 2.45) is 0 Å². The standard InChI is InChI=1S/C21H19N2O/c1-3-8-17(9-4-1)14-23-16-22-21-19(23)12-7-13-20(21)24-15-18-10-5-2-6-11-18/h1-13,16,22H,14-15H2. The molecule has 0 saturated heterocycles. The summed E-state index contributed by atoms with van der Waals surface area (Å²) in [6.45, 7) is 3.41. The van der Waals surface area contributed by atoms with Gasteiger partial charge < -0.3 is 15.0 Å². The van der Waals surface area contributed by atoms with Crippen molar-refractivity contribution in [3.8, 4) is 5.75 Å². The minimum atomic E-state index is 0.567. The van der Waals surface area contributed by atoms with E-state index in [1.807, 2.05) is 43.1 Å². The third-order valence-corrected chi connectivity index (χ3v) is 4.11. The van der Waals surface area contributed by atoms with Gasteiger partial charge in [-0.25, -0.2) is 0 Å². The van der Waals surface area contributed by atoms with Gasteiger partial charge in [0.25, 0.3) is 0 Å². The van der Waals surface area contributed by atoms with Gasteiger partial charge in [-0.05, 0) is 23.3 Å². The average molecular weight is 315 g/mol. The Bertz CT molecular complexity index is 803. The maximum absolute atomic E-state index is 6.02. The fourth-order valence-corrected chi connectivity index (χ4v) is 2.88. The molecule has 1 aliphatic rings. The van der Waals surface area contributed by atoms with E-state index in [1.165, 1.54) is 11.1 Å². The largest absolute Gasteiger partial charge is 0.487 e. The Morgan fingerprint density at radius 2 is 1.46 bits per heavy atom. The van der Waals surface area contributed by atoms with E-state index in [1.54, 1.807) is 0 Å². The van der Waals surface area contributed by atoms with Crippen molar-refractivity contribution in [3.05, 3.63) is 96.7 Å². The van der Waals surface area contributed by atoms with E-state index in [2.05, 4.69) is 52.7 Å². The van der Waals surface area contributed by atoms with Gasteiger partial charge in [-0.3, -0.25) is 0 Å². The lowest BCUT2D eigenvalue weighted by Crippen LogP contribution is -2.16. The first-order valence-corrected chi connectivity index (χ1v) is 8.10. The number of nitrogens with zero attached hydrogens (tertiary/aromatic N) is 1. The molecule has 119 valence electrons. The Kier molecular flexibility index (Phi) is 4.07. The molecule has 0 amide bonds. The number of nitrogens with one attached hydrogen (secondary N) is 1. The second kappa shape index (κ2) is 6.67. The smallest absolute Gasteiger partial charge is 0.145 e. The zero-order valence-corrected chi connectivity index (χ0v) is 13.4. The molecule has 0 spiro atoms. The fourth-order valence-electron chi connectivity index (χ4n) is 2.88. The third-order valence-electron chi connectivity index (χ3n) is 4.11. The molecule has 0 saturated carbocycles. The Labute approximate surface area is 142 Å². The van der Waals surface area contributed by atoms with Crippen LogP contribution in [0.3, 0.4) is 0 Å². The average Bonchev–Trinajstić information content (AvgIpc) is 3.05. The first-order valence-electron chi connectivity index (χ1n) is 8.10. The summed E-state index contributed by atoms with van der Waals surface area (Å²) in [5, 5.41) is 3.35. The zero-order chi connectivity index (χ0) is 16.2. The molecule has 0 aliphatic carbocycles. The maximum atomic E-state index is 6.02. The first-order chi connectivity index (χ1) is 11.9. The van der Waals surface area contributed by atoms with E-state index in [0.29, 0.717) is 6.61 Å². The van der Waals surface area contributed by atoms with E-state index < -0.39 is 0 Å². The molecule has 3 aromatic rings. The zero-order valence-electron chi connectivity index (χ0n) is 13.4. The van der Waals surface area contributed by atoms with Crippen LogP contribution >= 0.6 is 0 Å². The summed E-state index contributed by atoms with van der Waals surface area (Å²) in [5.74, 6) is 0.878. The molecular weight excluding hydrogens is 296 g/mol. The van der Waals surface area contributed by atoms with Crippen molar-refractivity contribution in [3.63, 3.8) is 0 Å². The molecule has 3 nitrogen and oxygen atoms in total. The van der Waals surface area contributed by atoms with Gasteiger partial charge >= 0.3 is 0 Å². The van der Waals surface area contributed by atoms with E-state index in [4.69, 9.17) is 4.74 Å². The fraction of sp³-hybridized carbons (Fsp3) is 0.0952. The number of hydrogen-bond donors (Lipinski definition) is 1. The Morgan fingerprint density at radius 1 is 0.750 bits per heavy atom. The van der Waals surface area contributed by atoms with Gasteiger partial charge in [0, 0.05) is 6.54 Å². The summed E-state index contributed by atoms with van der Waals surface area (Å²) in [4.78, 5) is 2.21. The van der Waals surface area contributed by atoms with Crippen LogP contribution in [0.25, 0.3) is 0 Å². The van der Waals surface area contributed by atoms with E-state index in [-0.39, 0.29) is 0 Å². The lowest BCUT2D eigenvalue weighted by molar-refractivity contribution is 0.308. The SMILES string of the molecule is [CH]1Nc2c(OCc3ccccc3)cccc2N1Cc1ccccc1. The van der Waals surface area contributed by atoms with E-state index >= 15 is 0 Å². The lowest BCUT2D eigenvalue weighted by Gasteiger charge is -2.17. The molecule has 0 atom stereocenters. The summed E-state index contributed by atoms with van der Waals surface area (Å²) in [6, 6.07) is 26.8. The number of fused-ring (bicyclic) bond motifs is 1. The van der Waals surface area contributed by atoms with Gasteiger partial charge in [-0.1, -0.05) is 66.7 Å². The molecule has 1 aliphatic heterocycles. The highest BCUT2D eigenvalue weighted by Crippen LogP contribution is 2.41. The Morgan fingerprint density at radius 3 is 2.21 bits per heavy atom. The second-order valence-electron chi connectivity index (χ2n) is 5.81. The van der Waals surface area contributed by atoms with Crippen LogP contribution in [0.4, 0.5) is 11.4 Å². The summed E-state index contributed by atoms with van der Waals surface area (Å²) in [7, 11) is 0. The normalized spacial score (nSPS) is 12.6. The molecule has 0 unspecified atom stereocenters. The molecule has 24 heavy (non-hydrogen) atoms. The number of rotatable bonds is 5. The Hall–Kier alpha value is -2.94. The molecule has 4 rings (SSSR count). The lowest BCUT2D eigenvalue weighted by atomic mass is 10.2. The minimum Gasteiger partial charge on any atom is -0.487 e.